The van der Waals surface area contributed by atoms with Gasteiger partial charge in [-0.3, -0.25) is 0 Å². The Balaban J connectivity index is 2.28. The number of hydrogen-bond donors (Lipinski definition) is 1. The zero-order valence-corrected chi connectivity index (χ0v) is 12.1. The molecule has 0 spiro atoms. The van der Waals surface area contributed by atoms with Gasteiger partial charge in [0.05, 0.1) is 11.7 Å². The Hall–Kier alpha value is -1.07. The molecule has 3 nitrogen and oxygen atoms in total. The van der Waals surface area contributed by atoms with E-state index in [0.29, 0.717) is 5.69 Å². The minimum absolute atomic E-state index is 0.269. The van der Waals surface area contributed by atoms with Crippen molar-refractivity contribution < 1.29 is 0 Å². The Morgan fingerprint density at radius 3 is 2.88 bits per heavy atom. The van der Waals surface area contributed by atoms with Crippen molar-refractivity contribution in [3.8, 4) is 0 Å². The van der Waals surface area contributed by atoms with Crippen LogP contribution in [0.5, 0.6) is 0 Å². The summed E-state index contributed by atoms with van der Waals surface area (Å²) in [4.78, 5) is 7.76. The fraction of sp³-hybridized carbons (Fsp3) is 0.250. The molecule has 5 heteroatoms. The van der Waals surface area contributed by atoms with E-state index in [2.05, 4.69) is 50.3 Å². The molecule has 0 aromatic carbocycles. The van der Waals surface area contributed by atoms with Gasteiger partial charge in [-0.25, -0.2) is 4.98 Å². The van der Waals surface area contributed by atoms with Crippen LogP contribution >= 0.6 is 27.3 Å². The highest BCUT2D eigenvalue weighted by atomic mass is 79.9. The van der Waals surface area contributed by atoms with Gasteiger partial charge in [0.1, 0.15) is 0 Å². The van der Waals surface area contributed by atoms with Gasteiger partial charge in [0.15, 0.2) is 5.82 Å². The molecule has 0 radical (unpaired) electrons. The van der Waals surface area contributed by atoms with Crippen molar-refractivity contribution in [2.45, 2.75) is 13.0 Å². The molecular formula is C12H14BrN3S. The van der Waals surface area contributed by atoms with Crippen molar-refractivity contribution in [3.05, 3.63) is 39.1 Å². The Morgan fingerprint density at radius 2 is 2.29 bits per heavy atom. The molecule has 0 saturated carbocycles. The number of nitrogen functional groups attached to an aromatic ring is 1. The van der Waals surface area contributed by atoms with Crippen molar-refractivity contribution >= 4 is 38.8 Å². The zero-order chi connectivity index (χ0) is 12.4. The van der Waals surface area contributed by atoms with E-state index in [0.717, 1.165) is 10.3 Å². The molecule has 0 saturated heterocycles. The van der Waals surface area contributed by atoms with Gasteiger partial charge in [0.25, 0.3) is 0 Å². The van der Waals surface area contributed by atoms with Gasteiger partial charge in [-0.1, -0.05) is 6.07 Å². The van der Waals surface area contributed by atoms with Crippen LogP contribution in [0.15, 0.2) is 34.2 Å². The monoisotopic (exact) mass is 311 g/mol. The highest BCUT2D eigenvalue weighted by Crippen LogP contribution is 2.31. The van der Waals surface area contributed by atoms with Gasteiger partial charge in [-0.15, -0.1) is 11.3 Å². The molecule has 1 atom stereocenters. The van der Waals surface area contributed by atoms with E-state index < -0.39 is 0 Å². The molecule has 2 aromatic heterocycles. The van der Waals surface area contributed by atoms with Crippen LogP contribution in [0.4, 0.5) is 11.5 Å². The third-order valence-corrected chi connectivity index (χ3v) is 4.21. The lowest BCUT2D eigenvalue weighted by Crippen LogP contribution is -2.23. The Kier molecular flexibility index (Phi) is 3.69. The summed E-state index contributed by atoms with van der Waals surface area (Å²) in [5.74, 6) is 0.814. The molecule has 2 heterocycles. The lowest BCUT2D eigenvalue weighted by Gasteiger charge is -2.26. The van der Waals surface area contributed by atoms with E-state index in [1.54, 1.807) is 17.5 Å². The van der Waals surface area contributed by atoms with Crippen LogP contribution < -0.4 is 10.6 Å². The summed E-state index contributed by atoms with van der Waals surface area (Å²) in [6, 6.07) is 6.33. The van der Waals surface area contributed by atoms with Crippen molar-refractivity contribution in [1.29, 1.82) is 0 Å². The molecule has 0 aliphatic rings. The topological polar surface area (TPSA) is 42.2 Å². The second-order valence-electron chi connectivity index (χ2n) is 3.87. The predicted molar refractivity (Wildman–Crippen MR) is 77.5 cm³/mol. The molecular weight excluding hydrogens is 298 g/mol. The van der Waals surface area contributed by atoms with Crippen LogP contribution in [0.2, 0.25) is 0 Å². The zero-order valence-electron chi connectivity index (χ0n) is 9.72. The van der Waals surface area contributed by atoms with Gasteiger partial charge in [0, 0.05) is 22.6 Å². The first kappa shape index (κ1) is 12.4. The molecule has 0 amide bonds. The molecule has 2 N–H and O–H groups in total. The number of nitrogens with two attached hydrogens (primary N) is 1. The summed E-state index contributed by atoms with van der Waals surface area (Å²) < 4.78 is 0.899. The summed E-state index contributed by atoms with van der Waals surface area (Å²) in [6.45, 7) is 2.15. The smallest absolute Gasteiger partial charge is 0.152 e. The molecule has 0 bridgehead atoms. The summed E-state index contributed by atoms with van der Waals surface area (Å²) in [5, 5.41) is 2.08. The van der Waals surface area contributed by atoms with Crippen molar-refractivity contribution in [2.24, 2.45) is 0 Å². The van der Waals surface area contributed by atoms with E-state index in [1.165, 1.54) is 4.88 Å². The van der Waals surface area contributed by atoms with Crippen molar-refractivity contribution in [1.82, 2.24) is 4.98 Å². The van der Waals surface area contributed by atoms with Crippen LogP contribution in [-0.2, 0) is 0 Å². The van der Waals surface area contributed by atoms with E-state index >= 15 is 0 Å². The third kappa shape index (κ3) is 2.61. The molecule has 17 heavy (non-hydrogen) atoms. The van der Waals surface area contributed by atoms with Gasteiger partial charge < -0.3 is 10.6 Å². The first-order chi connectivity index (χ1) is 8.09. The summed E-state index contributed by atoms with van der Waals surface area (Å²) in [7, 11) is 2.01. The first-order valence-electron chi connectivity index (χ1n) is 5.27. The number of anilines is 2. The molecule has 1 unspecified atom stereocenters. The van der Waals surface area contributed by atoms with E-state index in [9.17, 15) is 0 Å². The summed E-state index contributed by atoms with van der Waals surface area (Å²) in [6.07, 6.45) is 1.77. The molecule has 0 aliphatic carbocycles. The average molecular weight is 312 g/mol. The number of nitrogens with zero attached hydrogens (tertiary/aromatic N) is 2. The lowest BCUT2D eigenvalue weighted by atomic mass is 10.2. The molecule has 90 valence electrons. The first-order valence-corrected chi connectivity index (χ1v) is 6.94. The largest absolute Gasteiger partial charge is 0.396 e. The standard InChI is InChI=1S/C12H14BrN3S/c1-8(11-4-3-5-17-11)16(2)12-10(14)6-9(13)7-15-12/h3-8H,14H2,1-2H3. The number of aromatic nitrogens is 1. The highest BCUT2D eigenvalue weighted by Gasteiger charge is 2.16. The normalized spacial score (nSPS) is 12.4. The average Bonchev–Trinajstić information content (AvgIpc) is 2.80. The second kappa shape index (κ2) is 5.06. The number of pyridine rings is 1. The van der Waals surface area contributed by atoms with E-state index in [4.69, 9.17) is 5.73 Å². The van der Waals surface area contributed by atoms with Crippen LogP contribution in [0.1, 0.15) is 17.8 Å². The summed E-state index contributed by atoms with van der Waals surface area (Å²) >= 11 is 5.11. The van der Waals surface area contributed by atoms with Gasteiger partial charge in [0.2, 0.25) is 0 Å². The van der Waals surface area contributed by atoms with Crippen LogP contribution in [0.25, 0.3) is 0 Å². The molecule has 2 rings (SSSR count). The SMILES string of the molecule is CC(c1cccs1)N(C)c1ncc(Br)cc1N. The Labute approximate surface area is 113 Å². The number of hydrogen-bond acceptors (Lipinski definition) is 4. The van der Waals surface area contributed by atoms with E-state index in [-0.39, 0.29) is 6.04 Å². The number of halogens is 1. The number of rotatable bonds is 3. The van der Waals surface area contributed by atoms with Crippen LogP contribution in [0, 0.1) is 0 Å². The maximum atomic E-state index is 5.98. The lowest BCUT2D eigenvalue weighted by molar-refractivity contribution is 0.743. The van der Waals surface area contributed by atoms with Crippen molar-refractivity contribution in [3.63, 3.8) is 0 Å². The third-order valence-electron chi connectivity index (χ3n) is 2.73. The summed E-state index contributed by atoms with van der Waals surface area (Å²) in [5.41, 5.74) is 6.67. The fourth-order valence-electron chi connectivity index (χ4n) is 1.65. The van der Waals surface area contributed by atoms with Gasteiger partial charge in [-0.05, 0) is 40.4 Å². The van der Waals surface area contributed by atoms with Crippen molar-refractivity contribution in [2.75, 3.05) is 17.7 Å². The number of thiophene rings is 1. The molecule has 2 aromatic rings. The van der Waals surface area contributed by atoms with Gasteiger partial charge in [-0.2, -0.15) is 0 Å². The maximum absolute atomic E-state index is 5.98. The quantitative estimate of drug-likeness (QED) is 0.940. The van der Waals surface area contributed by atoms with Gasteiger partial charge >= 0.3 is 0 Å². The minimum atomic E-state index is 0.269. The maximum Gasteiger partial charge on any atom is 0.152 e. The fourth-order valence-corrected chi connectivity index (χ4v) is 2.82. The predicted octanol–water partition coefficient (Wildman–Crippen LogP) is 3.69. The second-order valence-corrected chi connectivity index (χ2v) is 5.76. The molecule has 0 aliphatic heterocycles. The Bertz CT molecular complexity index is 498. The Morgan fingerprint density at radius 1 is 1.53 bits per heavy atom. The van der Waals surface area contributed by atoms with E-state index in [1.807, 2.05) is 13.1 Å². The van der Waals surface area contributed by atoms with Crippen LogP contribution in [0.3, 0.4) is 0 Å². The minimum Gasteiger partial charge on any atom is -0.396 e. The molecule has 0 fully saturated rings. The van der Waals surface area contributed by atoms with Crippen LogP contribution in [-0.4, -0.2) is 12.0 Å². The highest BCUT2D eigenvalue weighted by molar-refractivity contribution is 9.10.